The first kappa shape index (κ1) is 13.3. The number of hydrogen-bond donors (Lipinski definition) is 1. The third kappa shape index (κ3) is 2.80. The zero-order chi connectivity index (χ0) is 13.0. The highest BCUT2D eigenvalue weighted by Gasteiger charge is 2.24. The molecule has 0 spiro atoms. The normalized spacial score (nSPS) is 22.7. The van der Waals surface area contributed by atoms with Crippen molar-refractivity contribution in [1.82, 2.24) is 0 Å². The first-order valence-electron chi connectivity index (χ1n) is 6.15. The lowest BCUT2D eigenvalue weighted by Crippen LogP contribution is -2.18. The van der Waals surface area contributed by atoms with Gasteiger partial charge in [-0.05, 0) is 37.7 Å². The molecule has 2 rings (SSSR count). The van der Waals surface area contributed by atoms with Gasteiger partial charge in [0.05, 0.1) is 17.4 Å². The van der Waals surface area contributed by atoms with Gasteiger partial charge in [-0.25, -0.2) is 0 Å². The second kappa shape index (κ2) is 6.12. The minimum absolute atomic E-state index is 0.358. The van der Waals surface area contributed by atoms with Crippen LogP contribution in [-0.4, -0.2) is 25.5 Å². The van der Waals surface area contributed by atoms with E-state index in [9.17, 15) is 5.26 Å². The van der Waals surface area contributed by atoms with Crippen LogP contribution in [0.15, 0.2) is 23.1 Å². The van der Waals surface area contributed by atoms with Gasteiger partial charge in [-0.15, -0.1) is 11.8 Å². The highest BCUT2D eigenvalue weighted by molar-refractivity contribution is 7.98. The highest BCUT2D eigenvalue weighted by atomic mass is 32.2. The van der Waals surface area contributed by atoms with Crippen molar-refractivity contribution in [2.75, 3.05) is 18.7 Å². The molecule has 0 amide bonds. The van der Waals surface area contributed by atoms with Crippen LogP contribution in [0, 0.1) is 11.3 Å². The van der Waals surface area contributed by atoms with Crippen LogP contribution in [0.5, 0.6) is 0 Å². The van der Waals surface area contributed by atoms with Crippen molar-refractivity contribution in [3.63, 3.8) is 0 Å². The highest BCUT2D eigenvalue weighted by Crippen LogP contribution is 2.30. The molecule has 3 nitrogen and oxygen atoms in total. The third-order valence-electron chi connectivity index (χ3n) is 3.44. The Morgan fingerprint density at radius 3 is 2.89 bits per heavy atom. The van der Waals surface area contributed by atoms with E-state index in [4.69, 9.17) is 4.74 Å². The Morgan fingerprint density at radius 2 is 2.28 bits per heavy atom. The molecule has 0 heterocycles. The Bertz CT molecular complexity index is 456. The molecule has 2 atom stereocenters. The molecule has 0 bridgehead atoms. The fourth-order valence-corrected chi connectivity index (χ4v) is 3.02. The van der Waals surface area contributed by atoms with Crippen LogP contribution in [-0.2, 0) is 4.74 Å². The number of ether oxygens (including phenoxy) is 1. The van der Waals surface area contributed by atoms with Gasteiger partial charge in [-0.3, -0.25) is 0 Å². The number of hydrogen-bond acceptors (Lipinski definition) is 4. The van der Waals surface area contributed by atoms with E-state index in [1.807, 2.05) is 24.5 Å². The fourth-order valence-electron chi connectivity index (χ4n) is 2.44. The predicted octanol–water partition coefficient (Wildman–Crippen LogP) is 3.26. The van der Waals surface area contributed by atoms with Crippen molar-refractivity contribution in [2.45, 2.75) is 36.3 Å². The summed E-state index contributed by atoms with van der Waals surface area (Å²) in [5.74, 6) is 0. The SMILES string of the molecule is COC1CCC(Nc2cccc(SC)c2C#N)C1. The average molecular weight is 262 g/mol. The summed E-state index contributed by atoms with van der Waals surface area (Å²) in [5, 5.41) is 12.8. The smallest absolute Gasteiger partial charge is 0.102 e. The number of rotatable bonds is 4. The molecule has 2 unspecified atom stereocenters. The van der Waals surface area contributed by atoms with E-state index in [2.05, 4.69) is 11.4 Å². The van der Waals surface area contributed by atoms with Crippen LogP contribution in [0.3, 0.4) is 0 Å². The number of nitrogens with zero attached hydrogens (tertiary/aromatic N) is 1. The van der Waals surface area contributed by atoms with Gasteiger partial charge < -0.3 is 10.1 Å². The Labute approximate surface area is 113 Å². The Balaban J connectivity index is 2.13. The molecule has 18 heavy (non-hydrogen) atoms. The van der Waals surface area contributed by atoms with Gasteiger partial charge in [0.15, 0.2) is 0 Å². The van der Waals surface area contributed by atoms with E-state index in [0.717, 1.165) is 35.4 Å². The van der Waals surface area contributed by atoms with Gasteiger partial charge in [0.2, 0.25) is 0 Å². The van der Waals surface area contributed by atoms with E-state index >= 15 is 0 Å². The second-order valence-corrected chi connectivity index (χ2v) is 5.35. The van der Waals surface area contributed by atoms with E-state index in [0.29, 0.717) is 12.1 Å². The summed E-state index contributed by atoms with van der Waals surface area (Å²) in [6, 6.07) is 8.68. The second-order valence-electron chi connectivity index (χ2n) is 4.51. The summed E-state index contributed by atoms with van der Waals surface area (Å²) in [6.07, 6.45) is 5.57. The van der Waals surface area contributed by atoms with Gasteiger partial charge in [0.1, 0.15) is 6.07 Å². The third-order valence-corrected chi connectivity index (χ3v) is 4.22. The molecule has 1 fully saturated rings. The fraction of sp³-hybridized carbons (Fsp3) is 0.500. The number of nitriles is 1. The lowest BCUT2D eigenvalue weighted by Gasteiger charge is -2.16. The zero-order valence-electron chi connectivity index (χ0n) is 10.8. The van der Waals surface area contributed by atoms with Crippen LogP contribution in [0.4, 0.5) is 5.69 Å². The molecule has 1 aromatic rings. The molecule has 0 aromatic heterocycles. The summed E-state index contributed by atoms with van der Waals surface area (Å²) < 4.78 is 5.37. The van der Waals surface area contributed by atoms with Gasteiger partial charge in [0.25, 0.3) is 0 Å². The first-order valence-corrected chi connectivity index (χ1v) is 7.37. The zero-order valence-corrected chi connectivity index (χ0v) is 11.6. The Hall–Kier alpha value is -1.18. The molecule has 4 heteroatoms. The van der Waals surface area contributed by atoms with Crippen molar-refractivity contribution < 1.29 is 4.74 Å². The monoisotopic (exact) mass is 262 g/mol. The molecular formula is C14H18N2OS. The van der Waals surface area contributed by atoms with Crippen molar-refractivity contribution >= 4 is 17.4 Å². The summed E-state index contributed by atoms with van der Waals surface area (Å²) in [7, 11) is 1.77. The summed E-state index contributed by atoms with van der Waals surface area (Å²) in [6.45, 7) is 0. The average Bonchev–Trinajstić information content (AvgIpc) is 2.86. The standard InChI is InChI=1S/C14H18N2OS/c1-17-11-7-6-10(8-11)16-13-4-3-5-14(18-2)12(13)9-15/h3-5,10-11,16H,6-8H2,1-2H3. The summed E-state index contributed by atoms with van der Waals surface area (Å²) in [4.78, 5) is 1.03. The molecule has 1 N–H and O–H groups in total. The van der Waals surface area contributed by atoms with Crippen LogP contribution < -0.4 is 5.32 Å². The number of nitrogens with one attached hydrogen (secondary N) is 1. The molecule has 1 saturated carbocycles. The Morgan fingerprint density at radius 1 is 1.44 bits per heavy atom. The Kier molecular flexibility index (Phi) is 4.51. The van der Waals surface area contributed by atoms with E-state index in [1.54, 1.807) is 18.9 Å². The maximum absolute atomic E-state index is 9.27. The molecular weight excluding hydrogens is 244 g/mol. The van der Waals surface area contributed by atoms with Crippen LogP contribution in [0.25, 0.3) is 0 Å². The number of benzene rings is 1. The summed E-state index contributed by atoms with van der Waals surface area (Å²) >= 11 is 1.61. The molecule has 0 aliphatic heterocycles. The van der Waals surface area contributed by atoms with Gasteiger partial charge >= 0.3 is 0 Å². The number of methoxy groups -OCH3 is 1. The van der Waals surface area contributed by atoms with E-state index in [1.165, 1.54) is 0 Å². The van der Waals surface area contributed by atoms with Gasteiger partial charge in [-0.2, -0.15) is 5.26 Å². The molecule has 0 saturated heterocycles. The summed E-state index contributed by atoms with van der Waals surface area (Å²) in [5.41, 5.74) is 1.71. The largest absolute Gasteiger partial charge is 0.381 e. The molecule has 1 aliphatic rings. The topological polar surface area (TPSA) is 45.0 Å². The molecule has 1 aromatic carbocycles. The molecule has 1 aliphatic carbocycles. The minimum atomic E-state index is 0.358. The van der Waals surface area contributed by atoms with E-state index < -0.39 is 0 Å². The minimum Gasteiger partial charge on any atom is -0.381 e. The number of thioether (sulfide) groups is 1. The van der Waals surface area contributed by atoms with Gasteiger partial charge in [0, 0.05) is 18.0 Å². The van der Waals surface area contributed by atoms with E-state index in [-0.39, 0.29) is 0 Å². The predicted molar refractivity (Wildman–Crippen MR) is 75.0 cm³/mol. The lowest BCUT2D eigenvalue weighted by molar-refractivity contribution is 0.108. The molecule has 0 radical (unpaired) electrons. The van der Waals surface area contributed by atoms with Gasteiger partial charge in [-0.1, -0.05) is 6.07 Å². The first-order chi connectivity index (χ1) is 8.78. The van der Waals surface area contributed by atoms with Crippen molar-refractivity contribution in [2.24, 2.45) is 0 Å². The van der Waals surface area contributed by atoms with Crippen LogP contribution in [0.2, 0.25) is 0 Å². The van der Waals surface area contributed by atoms with Crippen LogP contribution >= 0.6 is 11.8 Å². The van der Waals surface area contributed by atoms with Crippen LogP contribution in [0.1, 0.15) is 24.8 Å². The maximum Gasteiger partial charge on any atom is 0.102 e. The van der Waals surface area contributed by atoms with Crippen molar-refractivity contribution in [3.8, 4) is 6.07 Å². The molecule has 96 valence electrons. The lowest BCUT2D eigenvalue weighted by atomic mass is 10.1. The maximum atomic E-state index is 9.27. The van der Waals surface area contributed by atoms with Crippen molar-refractivity contribution in [3.05, 3.63) is 23.8 Å². The number of anilines is 1. The quantitative estimate of drug-likeness (QED) is 0.846. The van der Waals surface area contributed by atoms with Crippen molar-refractivity contribution in [1.29, 1.82) is 5.26 Å².